The van der Waals surface area contributed by atoms with Gasteiger partial charge in [-0.2, -0.15) is 0 Å². The van der Waals surface area contributed by atoms with E-state index in [0.29, 0.717) is 0 Å². The Bertz CT molecular complexity index is 643. The highest BCUT2D eigenvalue weighted by atomic mass is 79.9. The molecular formula is C19H21BrO. The molecule has 1 heterocycles. The molecule has 1 atom stereocenters. The second-order valence-electron chi connectivity index (χ2n) is 6.36. The summed E-state index contributed by atoms with van der Waals surface area (Å²) in [6.07, 6.45) is 2.06. The van der Waals surface area contributed by atoms with E-state index in [0.717, 1.165) is 18.6 Å². The summed E-state index contributed by atoms with van der Waals surface area (Å²) in [6, 6.07) is 15.4. The van der Waals surface area contributed by atoms with Crippen LogP contribution in [-0.2, 0) is 12.8 Å². The molecule has 0 bridgehead atoms. The fourth-order valence-electron chi connectivity index (χ4n) is 2.90. The standard InChI is InChI=1S/C19H21BrO/c1-4-13-5-7-14(8-6-13)18(20)15-9-10-17-16(11-15)12-19(2,3)21-17/h5-11,18H,4,12H2,1-3H3. The van der Waals surface area contributed by atoms with E-state index in [-0.39, 0.29) is 10.4 Å². The molecule has 21 heavy (non-hydrogen) atoms. The third kappa shape index (κ3) is 3.01. The Hall–Kier alpha value is -1.28. The number of halogens is 1. The van der Waals surface area contributed by atoms with Gasteiger partial charge in [-0.1, -0.05) is 59.3 Å². The largest absolute Gasteiger partial charge is 0.487 e. The van der Waals surface area contributed by atoms with E-state index in [4.69, 9.17) is 4.74 Å². The molecule has 0 saturated heterocycles. The number of hydrogen-bond donors (Lipinski definition) is 0. The first kappa shape index (κ1) is 14.6. The number of fused-ring (bicyclic) bond motifs is 1. The molecule has 110 valence electrons. The molecule has 0 aromatic heterocycles. The SMILES string of the molecule is CCc1ccc(C(Br)c2ccc3c(c2)CC(C)(C)O3)cc1. The van der Waals surface area contributed by atoms with Gasteiger partial charge in [0, 0.05) is 6.42 Å². The van der Waals surface area contributed by atoms with Crippen molar-refractivity contribution in [2.24, 2.45) is 0 Å². The van der Waals surface area contributed by atoms with Crippen molar-refractivity contribution >= 4 is 15.9 Å². The first-order valence-electron chi connectivity index (χ1n) is 7.53. The van der Waals surface area contributed by atoms with Crippen LogP contribution in [0.25, 0.3) is 0 Å². The zero-order valence-corrected chi connectivity index (χ0v) is 14.4. The molecule has 0 spiro atoms. The fraction of sp³-hybridized carbons (Fsp3) is 0.368. The lowest BCUT2D eigenvalue weighted by Crippen LogP contribution is -2.24. The van der Waals surface area contributed by atoms with Gasteiger partial charge in [0.1, 0.15) is 11.4 Å². The molecule has 0 fully saturated rings. The van der Waals surface area contributed by atoms with Crippen molar-refractivity contribution in [1.29, 1.82) is 0 Å². The molecule has 3 rings (SSSR count). The monoisotopic (exact) mass is 344 g/mol. The predicted molar refractivity (Wildman–Crippen MR) is 91.4 cm³/mol. The van der Waals surface area contributed by atoms with E-state index >= 15 is 0 Å². The number of ether oxygens (including phenoxy) is 1. The second kappa shape index (κ2) is 5.49. The van der Waals surface area contributed by atoms with Crippen LogP contribution in [0.3, 0.4) is 0 Å². The van der Waals surface area contributed by atoms with E-state index in [1.54, 1.807) is 0 Å². The Morgan fingerprint density at radius 1 is 1.10 bits per heavy atom. The van der Waals surface area contributed by atoms with Crippen LogP contribution in [0.5, 0.6) is 5.75 Å². The number of alkyl halides is 1. The molecule has 0 N–H and O–H groups in total. The number of rotatable bonds is 3. The summed E-state index contributed by atoms with van der Waals surface area (Å²) < 4.78 is 5.95. The third-order valence-electron chi connectivity index (χ3n) is 4.06. The van der Waals surface area contributed by atoms with Crippen molar-refractivity contribution in [3.05, 3.63) is 64.7 Å². The van der Waals surface area contributed by atoms with Gasteiger partial charge in [-0.15, -0.1) is 0 Å². The summed E-state index contributed by atoms with van der Waals surface area (Å²) in [4.78, 5) is 0.234. The molecule has 0 amide bonds. The summed E-state index contributed by atoms with van der Waals surface area (Å²) >= 11 is 3.84. The zero-order chi connectivity index (χ0) is 15.0. The normalized spacial score (nSPS) is 17.1. The van der Waals surface area contributed by atoms with Gasteiger partial charge >= 0.3 is 0 Å². The number of aryl methyl sites for hydroxylation is 1. The Labute approximate surface area is 135 Å². The highest BCUT2D eigenvalue weighted by molar-refractivity contribution is 9.09. The van der Waals surface area contributed by atoms with Crippen LogP contribution in [0.15, 0.2) is 42.5 Å². The molecule has 0 aliphatic carbocycles. The second-order valence-corrected chi connectivity index (χ2v) is 7.28. The van der Waals surface area contributed by atoms with Crippen molar-refractivity contribution in [1.82, 2.24) is 0 Å². The van der Waals surface area contributed by atoms with Crippen LogP contribution >= 0.6 is 15.9 Å². The van der Waals surface area contributed by atoms with Crippen LogP contribution < -0.4 is 4.74 Å². The minimum Gasteiger partial charge on any atom is -0.487 e. The molecule has 2 aromatic carbocycles. The predicted octanol–water partition coefficient (Wildman–Crippen LogP) is 5.45. The number of hydrogen-bond acceptors (Lipinski definition) is 1. The Balaban J connectivity index is 1.87. The Morgan fingerprint density at radius 3 is 2.43 bits per heavy atom. The van der Waals surface area contributed by atoms with Gasteiger partial charge in [0.2, 0.25) is 0 Å². The summed E-state index contributed by atoms with van der Waals surface area (Å²) in [5.41, 5.74) is 5.20. The summed E-state index contributed by atoms with van der Waals surface area (Å²) in [6.45, 7) is 6.46. The maximum atomic E-state index is 5.95. The average molecular weight is 345 g/mol. The van der Waals surface area contributed by atoms with E-state index in [1.165, 1.54) is 22.3 Å². The molecule has 1 unspecified atom stereocenters. The summed E-state index contributed by atoms with van der Waals surface area (Å²) in [5.74, 6) is 1.03. The van der Waals surface area contributed by atoms with Crippen LogP contribution in [-0.4, -0.2) is 5.60 Å². The third-order valence-corrected chi connectivity index (χ3v) is 5.12. The van der Waals surface area contributed by atoms with Crippen molar-refractivity contribution in [3.63, 3.8) is 0 Å². The molecule has 1 aliphatic rings. The molecule has 1 nitrogen and oxygen atoms in total. The first-order chi connectivity index (χ1) is 9.98. The maximum absolute atomic E-state index is 5.95. The molecule has 1 aliphatic heterocycles. The smallest absolute Gasteiger partial charge is 0.123 e. The molecule has 2 heteroatoms. The average Bonchev–Trinajstić information content (AvgIpc) is 2.79. The zero-order valence-electron chi connectivity index (χ0n) is 12.8. The van der Waals surface area contributed by atoms with E-state index < -0.39 is 0 Å². The summed E-state index contributed by atoms with van der Waals surface area (Å²) in [5, 5.41) is 0. The van der Waals surface area contributed by atoms with Crippen LogP contribution in [0.2, 0.25) is 0 Å². The number of benzene rings is 2. The van der Waals surface area contributed by atoms with Crippen LogP contribution in [0.4, 0.5) is 0 Å². The van der Waals surface area contributed by atoms with Crippen molar-refractivity contribution < 1.29 is 4.74 Å². The molecular weight excluding hydrogens is 324 g/mol. The fourth-order valence-corrected chi connectivity index (χ4v) is 3.49. The molecule has 0 radical (unpaired) electrons. The van der Waals surface area contributed by atoms with Gasteiger partial charge in [0.25, 0.3) is 0 Å². The van der Waals surface area contributed by atoms with Gasteiger partial charge in [-0.3, -0.25) is 0 Å². The minimum absolute atomic E-state index is 0.0778. The maximum Gasteiger partial charge on any atom is 0.123 e. The lowest BCUT2D eigenvalue weighted by Gasteiger charge is -2.16. The topological polar surface area (TPSA) is 9.23 Å². The van der Waals surface area contributed by atoms with E-state index in [9.17, 15) is 0 Å². The van der Waals surface area contributed by atoms with Gasteiger partial charge in [0.05, 0.1) is 4.83 Å². The van der Waals surface area contributed by atoms with E-state index in [2.05, 4.69) is 79.2 Å². The lowest BCUT2D eigenvalue weighted by atomic mass is 9.97. The van der Waals surface area contributed by atoms with Crippen molar-refractivity contribution in [2.45, 2.75) is 44.0 Å². The van der Waals surface area contributed by atoms with Gasteiger partial charge in [-0.05, 0) is 48.6 Å². The Kier molecular flexibility index (Phi) is 3.83. The highest BCUT2D eigenvalue weighted by Gasteiger charge is 2.30. The van der Waals surface area contributed by atoms with Gasteiger partial charge in [0.15, 0.2) is 0 Å². The summed E-state index contributed by atoms with van der Waals surface area (Å²) in [7, 11) is 0. The van der Waals surface area contributed by atoms with Crippen molar-refractivity contribution in [3.8, 4) is 5.75 Å². The quantitative estimate of drug-likeness (QED) is 0.673. The van der Waals surface area contributed by atoms with Gasteiger partial charge in [-0.25, -0.2) is 0 Å². The van der Waals surface area contributed by atoms with Gasteiger partial charge < -0.3 is 4.74 Å². The van der Waals surface area contributed by atoms with Crippen LogP contribution in [0, 0.1) is 0 Å². The lowest BCUT2D eigenvalue weighted by molar-refractivity contribution is 0.138. The van der Waals surface area contributed by atoms with E-state index in [1.807, 2.05) is 0 Å². The van der Waals surface area contributed by atoms with Crippen LogP contribution in [0.1, 0.15) is 47.9 Å². The minimum atomic E-state index is -0.0778. The molecule has 2 aromatic rings. The Morgan fingerprint density at radius 2 is 1.76 bits per heavy atom. The highest BCUT2D eigenvalue weighted by Crippen LogP contribution is 2.39. The first-order valence-corrected chi connectivity index (χ1v) is 8.45. The molecule has 0 saturated carbocycles. The van der Waals surface area contributed by atoms with Crippen molar-refractivity contribution in [2.75, 3.05) is 0 Å².